The summed E-state index contributed by atoms with van der Waals surface area (Å²) in [6, 6.07) is 6.76. The second kappa shape index (κ2) is 6.90. The minimum atomic E-state index is -1.03. The highest BCUT2D eigenvalue weighted by molar-refractivity contribution is 5.86. The van der Waals surface area contributed by atoms with E-state index in [2.05, 4.69) is 15.6 Å². The quantitative estimate of drug-likeness (QED) is 0.609. The summed E-state index contributed by atoms with van der Waals surface area (Å²) in [5.41, 5.74) is 1.84. The topological polar surface area (TPSA) is 94.2 Å². The van der Waals surface area contributed by atoms with Gasteiger partial charge in [0.25, 0.3) is 0 Å². The fraction of sp³-hybridized carbons (Fsp3) is 0.333. The van der Waals surface area contributed by atoms with E-state index in [1.165, 1.54) is 0 Å². The largest absolute Gasteiger partial charge is 0.480 e. The van der Waals surface area contributed by atoms with Crippen molar-refractivity contribution >= 4 is 22.8 Å². The molecule has 2 rings (SSSR count). The first kappa shape index (κ1) is 15.1. The number of fused-ring (bicyclic) bond motifs is 1. The van der Waals surface area contributed by atoms with E-state index in [1.807, 2.05) is 24.3 Å². The summed E-state index contributed by atoms with van der Waals surface area (Å²) in [5.74, 6) is -1.30. The van der Waals surface area contributed by atoms with E-state index in [4.69, 9.17) is 0 Å². The zero-order chi connectivity index (χ0) is 15.2. The molecular weight excluding hydrogens is 270 g/mol. The normalized spacial score (nSPS) is 12.2. The van der Waals surface area contributed by atoms with E-state index >= 15 is 0 Å². The van der Waals surface area contributed by atoms with E-state index in [-0.39, 0.29) is 18.7 Å². The molecule has 6 heteroatoms. The van der Waals surface area contributed by atoms with Gasteiger partial charge in [-0.3, -0.25) is 4.79 Å². The minimum Gasteiger partial charge on any atom is -0.480 e. The van der Waals surface area contributed by atoms with E-state index < -0.39 is 12.0 Å². The molecule has 0 saturated carbocycles. The molecule has 1 heterocycles. The van der Waals surface area contributed by atoms with Crippen molar-refractivity contribution in [1.82, 2.24) is 15.6 Å². The van der Waals surface area contributed by atoms with Crippen molar-refractivity contribution in [3.05, 3.63) is 36.0 Å². The highest BCUT2D eigenvalue weighted by atomic mass is 16.4. The number of aromatic amines is 1. The zero-order valence-electron chi connectivity index (χ0n) is 11.8. The van der Waals surface area contributed by atoms with Crippen LogP contribution in [0, 0.1) is 0 Å². The van der Waals surface area contributed by atoms with Crippen molar-refractivity contribution < 1.29 is 14.7 Å². The standard InChI is InChI=1S/C15H19N3O3/c1-16-7-6-14(19)18-13(15(20)21)8-10-9-17-12-5-3-2-4-11(10)12/h2-5,9,13,16-17H,6-8H2,1H3,(H,18,19)(H,20,21)/t13-/m1/s1. The Balaban J connectivity index is 2.09. The Morgan fingerprint density at radius 1 is 1.33 bits per heavy atom. The fourth-order valence-corrected chi connectivity index (χ4v) is 2.23. The number of carboxylic acids is 1. The molecule has 0 aliphatic carbocycles. The molecule has 0 radical (unpaired) electrons. The molecule has 6 nitrogen and oxygen atoms in total. The number of aliphatic carboxylic acids is 1. The van der Waals surface area contributed by atoms with Gasteiger partial charge >= 0.3 is 5.97 Å². The van der Waals surface area contributed by atoms with E-state index in [9.17, 15) is 14.7 Å². The Morgan fingerprint density at radius 3 is 2.81 bits per heavy atom. The minimum absolute atomic E-state index is 0.255. The number of hydrogen-bond acceptors (Lipinski definition) is 3. The van der Waals surface area contributed by atoms with Crippen LogP contribution in [0.25, 0.3) is 10.9 Å². The maximum atomic E-state index is 11.7. The van der Waals surface area contributed by atoms with Gasteiger partial charge in [0.1, 0.15) is 6.04 Å². The number of benzene rings is 1. The number of nitrogens with one attached hydrogen (secondary N) is 3. The summed E-state index contributed by atoms with van der Waals surface area (Å²) < 4.78 is 0. The maximum absolute atomic E-state index is 11.7. The molecule has 0 aliphatic heterocycles. The number of carboxylic acid groups (broad SMARTS) is 1. The molecule has 0 saturated heterocycles. The Morgan fingerprint density at radius 2 is 2.10 bits per heavy atom. The summed E-state index contributed by atoms with van der Waals surface area (Å²) in [6.45, 7) is 0.519. The molecule has 1 aromatic heterocycles. The predicted octanol–water partition coefficient (Wildman–Crippen LogP) is 0.889. The first-order chi connectivity index (χ1) is 10.1. The molecule has 0 unspecified atom stereocenters. The molecule has 0 bridgehead atoms. The van der Waals surface area contributed by atoms with Gasteiger partial charge in [-0.1, -0.05) is 18.2 Å². The second-order valence-corrected chi connectivity index (χ2v) is 4.88. The zero-order valence-corrected chi connectivity index (χ0v) is 11.8. The number of H-pyrrole nitrogens is 1. The van der Waals surface area contributed by atoms with Crippen LogP contribution in [-0.4, -0.2) is 41.6 Å². The van der Waals surface area contributed by atoms with Crippen molar-refractivity contribution in [2.24, 2.45) is 0 Å². The van der Waals surface area contributed by atoms with Crippen molar-refractivity contribution in [3.63, 3.8) is 0 Å². The monoisotopic (exact) mass is 289 g/mol. The molecule has 112 valence electrons. The third-order valence-corrected chi connectivity index (χ3v) is 3.33. The number of aromatic nitrogens is 1. The van der Waals surface area contributed by atoms with Gasteiger partial charge in [0.15, 0.2) is 0 Å². The Hall–Kier alpha value is -2.34. The molecule has 2 aromatic rings. The average molecular weight is 289 g/mol. The lowest BCUT2D eigenvalue weighted by Gasteiger charge is -2.14. The molecule has 1 aromatic carbocycles. The van der Waals surface area contributed by atoms with Gasteiger partial charge in [-0.25, -0.2) is 4.79 Å². The summed E-state index contributed by atoms with van der Waals surface area (Å²) in [4.78, 5) is 26.1. The summed E-state index contributed by atoms with van der Waals surface area (Å²) in [7, 11) is 1.74. The number of para-hydroxylation sites is 1. The van der Waals surface area contributed by atoms with Crippen LogP contribution in [0.3, 0.4) is 0 Å². The third kappa shape index (κ3) is 3.82. The van der Waals surface area contributed by atoms with Gasteiger partial charge in [0.05, 0.1) is 0 Å². The molecular formula is C15H19N3O3. The van der Waals surface area contributed by atoms with Crippen molar-refractivity contribution in [3.8, 4) is 0 Å². The molecule has 4 N–H and O–H groups in total. The number of rotatable bonds is 7. The average Bonchev–Trinajstić information content (AvgIpc) is 2.87. The Bertz CT molecular complexity index is 636. The summed E-state index contributed by atoms with van der Waals surface area (Å²) >= 11 is 0. The van der Waals surface area contributed by atoms with Gasteiger partial charge in [-0.2, -0.15) is 0 Å². The SMILES string of the molecule is CNCCC(=O)N[C@H](Cc1c[nH]c2ccccc12)C(=O)O. The fourth-order valence-electron chi connectivity index (χ4n) is 2.23. The second-order valence-electron chi connectivity index (χ2n) is 4.88. The molecule has 21 heavy (non-hydrogen) atoms. The van der Waals surface area contributed by atoms with Crippen LogP contribution in [0.5, 0.6) is 0 Å². The van der Waals surface area contributed by atoms with E-state index in [0.717, 1.165) is 16.5 Å². The van der Waals surface area contributed by atoms with Crippen LogP contribution in [0.15, 0.2) is 30.5 Å². The van der Waals surface area contributed by atoms with Crippen molar-refractivity contribution in [1.29, 1.82) is 0 Å². The molecule has 1 amide bonds. The number of amides is 1. The van der Waals surface area contributed by atoms with Gasteiger partial charge in [0, 0.05) is 36.5 Å². The summed E-state index contributed by atoms with van der Waals surface area (Å²) in [6.07, 6.45) is 2.30. The molecule has 0 fully saturated rings. The lowest BCUT2D eigenvalue weighted by atomic mass is 10.0. The Labute approximate surface area is 122 Å². The first-order valence-corrected chi connectivity index (χ1v) is 6.83. The number of hydrogen-bond donors (Lipinski definition) is 4. The number of carbonyl (C=O) groups excluding carboxylic acids is 1. The first-order valence-electron chi connectivity index (χ1n) is 6.83. The molecule has 0 aliphatic rings. The maximum Gasteiger partial charge on any atom is 0.326 e. The van der Waals surface area contributed by atoms with Crippen LogP contribution >= 0.6 is 0 Å². The number of carbonyl (C=O) groups is 2. The predicted molar refractivity (Wildman–Crippen MR) is 80.1 cm³/mol. The van der Waals surface area contributed by atoms with E-state index in [1.54, 1.807) is 13.2 Å². The lowest BCUT2D eigenvalue weighted by Crippen LogP contribution is -2.42. The van der Waals surface area contributed by atoms with Gasteiger partial charge < -0.3 is 20.7 Å². The van der Waals surface area contributed by atoms with Gasteiger partial charge in [-0.15, -0.1) is 0 Å². The van der Waals surface area contributed by atoms with Crippen molar-refractivity contribution in [2.75, 3.05) is 13.6 Å². The lowest BCUT2D eigenvalue weighted by molar-refractivity contribution is -0.141. The van der Waals surface area contributed by atoms with Crippen LogP contribution in [0.2, 0.25) is 0 Å². The molecule has 0 spiro atoms. The van der Waals surface area contributed by atoms with Crippen LogP contribution in [0.4, 0.5) is 0 Å². The highest BCUT2D eigenvalue weighted by Crippen LogP contribution is 2.19. The van der Waals surface area contributed by atoms with Gasteiger partial charge in [-0.05, 0) is 18.7 Å². The van der Waals surface area contributed by atoms with Gasteiger partial charge in [0.2, 0.25) is 5.91 Å². The highest BCUT2D eigenvalue weighted by Gasteiger charge is 2.21. The Kier molecular flexibility index (Phi) is 4.94. The summed E-state index contributed by atoms with van der Waals surface area (Å²) in [5, 5.41) is 15.7. The molecule has 1 atom stereocenters. The van der Waals surface area contributed by atoms with Crippen molar-refractivity contribution in [2.45, 2.75) is 18.9 Å². The third-order valence-electron chi connectivity index (χ3n) is 3.33. The van der Waals surface area contributed by atoms with Crippen LogP contribution in [-0.2, 0) is 16.0 Å². The van der Waals surface area contributed by atoms with E-state index in [0.29, 0.717) is 6.54 Å². The smallest absolute Gasteiger partial charge is 0.326 e. The van der Waals surface area contributed by atoms with Crippen LogP contribution in [0.1, 0.15) is 12.0 Å². The van der Waals surface area contributed by atoms with Crippen LogP contribution < -0.4 is 10.6 Å².